The van der Waals surface area contributed by atoms with Crippen LogP contribution in [0, 0.1) is 0 Å². The fraction of sp³-hybridized carbons (Fsp3) is 0.379. The first-order valence-electron chi connectivity index (χ1n) is 11.6. The topological polar surface area (TPSA) is 26.0 Å². The molecule has 0 saturated heterocycles. The Kier molecular flexibility index (Phi) is 5.27. The summed E-state index contributed by atoms with van der Waals surface area (Å²) in [5.41, 5.74) is 14.1. The highest BCUT2D eigenvalue weighted by molar-refractivity contribution is 7.98. The predicted octanol–water partition coefficient (Wildman–Crippen LogP) is 7.15. The maximum atomic E-state index is 7.48. The quantitative estimate of drug-likeness (QED) is 0.438. The molecule has 0 bridgehead atoms. The summed E-state index contributed by atoms with van der Waals surface area (Å²) in [5.74, 6) is 1.02. The molecular weight excluding hydrogens is 394 g/mol. The first kappa shape index (κ1) is 20.8. The molecule has 5 rings (SSSR count). The summed E-state index contributed by atoms with van der Waals surface area (Å²) in [5, 5.41) is 0. The van der Waals surface area contributed by atoms with Crippen molar-refractivity contribution in [2.24, 2.45) is 5.73 Å². The standard InChI is InChI=1S/C29H33NS/c1-4-20(2)21-10-12-24(13-11-21)28-19-23-18-25(31-3)14-15-27(23)29(28,30)17-16-26(28)22-8-6-5-7-9-22/h5-15,18,20,26H,4,16-17,19,30H2,1-3H3. The van der Waals surface area contributed by atoms with E-state index in [2.05, 4.69) is 92.9 Å². The van der Waals surface area contributed by atoms with Crippen LogP contribution in [-0.2, 0) is 17.4 Å². The van der Waals surface area contributed by atoms with E-state index in [0.29, 0.717) is 11.8 Å². The average molecular weight is 428 g/mol. The van der Waals surface area contributed by atoms with Crippen LogP contribution in [0.25, 0.3) is 0 Å². The van der Waals surface area contributed by atoms with Crippen molar-refractivity contribution in [3.8, 4) is 0 Å². The highest BCUT2D eigenvalue weighted by Crippen LogP contribution is 2.65. The van der Waals surface area contributed by atoms with Crippen LogP contribution in [0.3, 0.4) is 0 Å². The molecule has 2 aliphatic rings. The van der Waals surface area contributed by atoms with E-state index in [1.54, 1.807) is 0 Å². The van der Waals surface area contributed by atoms with Crippen LogP contribution >= 0.6 is 11.8 Å². The Labute approximate surface area is 191 Å². The molecule has 31 heavy (non-hydrogen) atoms. The van der Waals surface area contributed by atoms with Gasteiger partial charge in [0.2, 0.25) is 0 Å². The maximum Gasteiger partial charge on any atom is 0.0519 e. The first-order chi connectivity index (χ1) is 15.0. The average Bonchev–Trinajstić information content (AvgIpc) is 3.25. The summed E-state index contributed by atoms with van der Waals surface area (Å²) in [6.45, 7) is 4.58. The highest BCUT2D eigenvalue weighted by Gasteiger charge is 2.63. The third-order valence-corrected chi connectivity index (χ3v) is 9.02. The Bertz CT molecular complexity index is 1070. The van der Waals surface area contributed by atoms with Gasteiger partial charge in [-0.05, 0) is 83.7 Å². The van der Waals surface area contributed by atoms with E-state index in [-0.39, 0.29) is 11.0 Å². The Morgan fingerprint density at radius 3 is 2.45 bits per heavy atom. The van der Waals surface area contributed by atoms with E-state index >= 15 is 0 Å². The van der Waals surface area contributed by atoms with Gasteiger partial charge < -0.3 is 5.73 Å². The number of rotatable bonds is 5. The van der Waals surface area contributed by atoms with Crippen molar-refractivity contribution in [3.63, 3.8) is 0 Å². The molecule has 3 aromatic rings. The van der Waals surface area contributed by atoms with Crippen LogP contribution in [0.1, 0.15) is 72.8 Å². The number of hydrogen-bond donors (Lipinski definition) is 1. The molecule has 2 N–H and O–H groups in total. The lowest BCUT2D eigenvalue weighted by Gasteiger charge is -2.43. The second kappa shape index (κ2) is 7.83. The summed E-state index contributed by atoms with van der Waals surface area (Å²) in [6, 6.07) is 27.6. The molecule has 2 aliphatic carbocycles. The van der Waals surface area contributed by atoms with Crippen molar-refractivity contribution < 1.29 is 0 Å². The third kappa shape index (κ3) is 3.02. The smallest absolute Gasteiger partial charge is 0.0519 e. The van der Waals surface area contributed by atoms with Crippen molar-refractivity contribution in [3.05, 3.63) is 101 Å². The van der Waals surface area contributed by atoms with E-state index in [1.165, 1.54) is 39.1 Å². The van der Waals surface area contributed by atoms with Crippen LogP contribution in [0.15, 0.2) is 77.7 Å². The van der Waals surface area contributed by atoms with Gasteiger partial charge in [0.1, 0.15) is 0 Å². The molecule has 160 valence electrons. The molecule has 0 aliphatic heterocycles. The van der Waals surface area contributed by atoms with Gasteiger partial charge in [0.25, 0.3) is 0 Å². The Morgan fingerprint density at radius 1 is 1.03 bits per heavy atom. The zero-order chi connectivity index (χ0) is 21.6. The SMILES string of the molecule is CCC(C)c1ccc(C23Cc4cc(SC)ccc4C2(N)CCC3c2ccccc2)cc1. The molecule has 4 unspecified atom stereocenters. The monoisotopic (exact) mass is 427 g/mol. The normalized spacial score (nSPS) is 27.7. The van der Waals surface area contributed by atoms with Crippen molar-refractivity contribution >= 4 is 11.8 Å². The molecule has 1 fully saturated rings. The van der Waals surface area contributed by atoms with Crippen LogP contribution in [0.5, 0.6) is 0 Å². The first-order valence-corrected chi connectivity index (χ1v) is 12.9. The second-order valence-electron chi connectivity index (χ2n) is 9.58. The molecule has 3 aromatic carbocycles. The summed E-state index contributed by atoms with van der Waals surface area (Å²) >= 11 is 1.82. The zero-order valence-corrected chi connectivity index (χ0v) is 19.7. The van der Waals surface area contributed by atoms with Gasteiger partial charge in [0.15, 0.2) is 0 Å². The molecule has 0 spiro atoms. The van der Waals surface area contributed by atoms with Gasteiger partial charge in [0, 0.05) is 10.3 Å². The van der Waals surface area contributed by atoms with Crippen molar-refractivity contribution in [2.45, 2.75) is 67.2 Å². The Balaban J connectivity index is 1.69. The Hall–Kier alpha value is -2.03. The molecule has 1 saturated carbocycles. The van der Waals surface area contributed by atoms with E-state index in [0.717, 1.165) is 19.3 Å². The van der Waals surface area contributed by atoms with Gasteiger partial charge in [-0.3, -0.25) is 0 Å². The molecule has 0 amide bonds. The number of nitrogens with two attached hydrogens (primary N) is 1. The second-order valence-corrected chi connectivity index (χ2v) is 10.5. The Morgan fingerprint density at radius 2 is 1.77 bits per heavy atom. The fourth-order valence-corrected chi connectivity index (χ4v) is 6.89. The lowest BCUT2D eigenvalue weighted by atomic mass is 9.62. The van der Waals surface area contributed by atoms with Crippen molar-refractivity contribution in [1.29, 1.82) is 0 Å². The van der Waals surface area contributed by atoms with Crippen LogP contribution in [0.2, 0.25) is 0 Å². The zero-order valence-electron chi connectivity index (χ0n) is 18.9. The number of benzene rings is 3. The minimum atomic E-state index is -0.322. The van der Waals surface area contributed by atoms with Crippen LogP contribution in [-0.4, -0.2) is 6.26 Å². The van der Waals surface area contributed by atoms with Crippen LogP contribution < -0.4 is 5.73 Å². The number of thioether (sulfide) groups is 1. The summed E-state index contributed by atoms with van der Waals surface area (Å²) < 4.78 is 0. The predicted molar refractivity (Wildman–Crippen MR) is 133 cm³/mol. The highest BCUT2D eigenvalue weighted by atomic mass is 32.2. The van der Waals surface area contributed by atoms with Gasteiger partial charge in [-0.1, -0.05) is 74.5 Å². The van der Waals surface area contributed by atoms with E-state index in [9.17, 15) is 0 Å². The molecule has 2 heteroatoms. The van der Waals surface area contributed by atoms with Gasteiger partial charge in [-0.2, -0.15) is 0 Å². The number of fused-ring (bicyclic) bond motifs is 3. The summed E-state index contributed by atoms with van der Waals surface area (Å²) in [7, 11) is 0. The van der Waals surface area contributed by atoms with Gasteiger partial charge in [-0.15, -0.1) is 11.8 Å². The fourth-order valence-electron chi connectivity index (χ4n) is 6.43. The minimum absolute atomic E-state index is 0.0955. The van der Waals surface area contributed by atoms with Crippen molar-refractivity contribution in [1.82, 2.24) is 0 Å². The van der Waals surface area contributed by atoms with Crippen molar-refractivity contribution in [2.75, 3.05) is 6.26 Å². The van der Waals surface area contributed by atoms with Gasteiger partial charge >= 0.3 is 0 Å². The molecule has 4 atom stereocenters. The molecule has 0 heterocycles. The lowest BCUT2D eigenvalue weighted by molar-refractivity contribution is 0.265. The third-order valence-electron chi connectivity index (χ3n) is 8.29. The maximum absolute atomic E-state index is 7.48. The molecule has 1 nitrogen and oxygen atoms in total. The van der Waals surface area contributed by atoms with Crippen LogP contribution in [0.4, 0.5) is 0 Å². The summed E-state index contributed by atoms with van der Waals surface area (Å²) in [6.07, 6.45) is 6.52. The molecule has 0 aromatic heterocycles. The van der Waals surface area contributed by atoms with Gasteiger partial charge in [0.05, 0.1) is 5.54 Å². The molecule has 0 radical (unpaired) electrons. The van der Waals surface area contributed by atoms with E-state index in [1.807, 2.05) is 11.8 Å². The summed E-state index contributed by atoms with van der Waals surface area (Å²) in [4.78, 5) is 1.33. The largest absolute Gasteiger partial charge is 0.321 e. The molecular formula is C29H33NS. The van der Waals surface area contributed by atoms with E-state index in [4.69, 9.17) is 5.73 Å². The minimum Gasteiger partial charge on any atom is -0.321 e. The van der Waals surface area contributed by atoms with E-state index < -0.39 is 0 Å². The van der Waals surface area contributed by atoms with Gasteiger partial charge in [-0.25, -0.2) is 0 Å². The lowest BCUT2D eigenvalue weighted by Crippen LogP contribution is -2.51. The number of hydrogen-bond acceptors (Lipinski definition) is 2.